The highest BCUT2D eigenvalue weighted by molar-refractivity contribution is 5.96. The molecule has 5 rings (SSSR count). The summed E-state index contributed by atoms with van der Waals surface area (Å²) in [5, 5.41) is 2.72. The first-order valence-electron chi connectivity index (χ1n) is 10.4. The maximum absolute atomic E-state index is 13.7. The molecule has 1 fully saturated rings. The molecule has 3 aromatic carbocycles. The molecular weight excluding hydrogens is 392 g/mol. The molecule has 0 amide bonds. The second-order valence-corrected chi connectivity index (χ2v) is 7.78. The molecule has 0 spiro atoms. The highest BCUT2D eigenvalue weighted by Crippen LogP contribution is 2.40. The van der Waals surface area contributed by atoms with Crippen molar-refractivity contribution in [2.75, 3.05) is 27.4 Å². The van der Waals surface area contributed by atoms with Gasteiger partial charge in [0.1, 0.15) is 12.4 Å². The average Bonchev–Trinajstić information content (AvgIpc) is 3.63. The summed E-state index contributed by atoms with van der Waals surface area (Å²) in [5.41, 5.74) is 1.40. The number of hydrogen-bond acceptors (Lipinski definition) is 5. The zero-order valence-corrected chi connectivity index (χ0v) is 17.6. The lowest BCUT2D eigenvalue weighted by atomic mass is 10.1. The van der Waals surface area contributed by atoms with Crippen molar-refractivity contribution >= 4 is 21.7 Å². The number of benzene rings is 3. The summed E-state index contributed by atoms with van der Waals surface area (Å²) < 4.78 is 18.1. The molecule has 1 heterocycles. The second-order valence-electron chi connectivity index (χ2n) is 7.78. The molecule has 0 aliphatic heterocycles. The molecule has 1 saturated carbocycles. The van der Waals surface area contributed by atoms with Gasteiger partial charge in [0.2, 0.25) is 0 Å². The maximum Gasteiger partial charge on any atom is 0.265 e. The van der Waals surface area contributed by atoms with Gasteiger partial charge in [-0.3, -0.25) is 9.36 Å². The van der Waals surface area contributed by atoms with Gasteiger partial charge in [0, 0.05) is 19.1 Å². The molecule has 0 N–H and O–H groups in total. The van der Waals surface area contributed by atoms with E-state index in [0.717, 1.165) is 40.6 Å². The smallest absolute Gasteiger partial charge is 0.265 e. The fraction of sp³-hybridized carbons (Fsp3) is 0.280. The van der Waals surface area contributed by atoms with Gasteiger partial charge >= 0.3 is 0 Å². The molecule has 1 aromatic heterocycles. The van der Waals surface area contributed by atoms with Gasteiger partial charge in [0.25, 0.3) is 5.56 Å². The van der Waals surface area contributed by atoms with Crippen LogP contribution in [0.2, 0.25) is 0 Å². The molecule has 0 radical (unpaired) electrons. The first-order chi connectivity index (χ1) is 15.2. The lowest BCUT2D eigenvalue weighted by Gasteiger charge is -2.16. The molecule has 6 nitrogen and oxygen atoms in total. The van der Waals surface area contributed by atoms with E-state index in [2.05, 4.69) is 0 Å². The summed E-state index contributed by atoms with van der Waals surface area (Å²) in [5.74, 6) is 2.29. The van der Waals surface area contributed by atoms with E-state index in [4.69, 9.17) is 19.2 Å². The minimum Gasteiger partial charge on any atom is -0.493 e. The normalized spacial score (nSPS) is 13.6. The molecule has 31 heavy (non-hydrogen) atoms. The Balaban J connectivity index is 1.71. The van der Waals surface area contributed by atoms with Crippen molar-refractivity contribution in [2.24, 2.45) is 0 Å². The van der Waals surface area contributed by atoms with Gasteiger partial charge in [-0.15, -0.1) is 0 Å². The summed E-state index contributed by atoms with van der Waals surface area (Å²) >= 11 is 0. The monoisotopic (exact) mass is 416 g/mol. The van der Waals surface area contributed by atoms with Crippen LogP contribution in [0.25, 0.3) is 27.4 Å². The van der Waals surface area contributed by atoms with Crippen LogP contribution >= 0.6 is 0 Å². The van der Waals surface area contributed by atoms with Gasteiger partial charge in [-0.1, -0.05) is 24.3 Å². The van der Waals surface area contributed by atoms with Gasteiger partial charge in [0.05, 0.1) is 30.3 Å². The van der Waals surface area contributed by atoms with Crippen molar-refractivity contribution in [3.05, 3.63) is 70.8 Å². The number of nitrogens with zero attached hydrogens (tertiary/aromatic N) is 2. The van der Waals surface area contributed by atoms with Crippen LogP contribution in [0.1, 0.15) is 24.6 Å². The Morgan fingerprint density at radius 3 is 2.45 bits per heavy atom. The molecule has 1 aliphatic carbocycles. The van der Waals surface area contributed by atoms with Crippen molar-refractivity contribution < 1.29 is 14.2 Å². The topological polar surface area (TPSA) is 62.6 Å². The average molecular weight is 416 g/mol. The lowest BCUT2D eigenvalue weighted by Crippen LogP contribution is -2.23. The molecule has 0 unspecified atom stereocenters. The summed E-state index contributed by atoms with van der Waals surface area (Å²) in [4.78, 5) is 18.6. The Labute approximate surface area is 180 Å². The SMILES string of the molecule is COCCOc1cc(-n2c(C3CC3)nc3cc4ccccc4cc3c2=O)ccc1OC. The van der Waals surface area contributed by atoms with Gasteiger partial charge in [-0.05, 0) is 47.9 Å². The molecule has 6 heteroatoms. The predicted octanol–water partition coefficient (Wildman–Crippen LogP) is 4.45. The Bertz CT molecular complexity index is 1320. The molecule has 0 atom stereocenters. The molecule has 0 saturated heterocycles. The quantitative estimate of drug-likeness (QED) is 0.329. The Morgan fingerprint density at radius 2 is 1.74 bits per heavy atom. The number of ether oxygens (including phenoxy) is 3. The van der Waals surface area contributed by atoms with Crippen LogP contribution in [0.4, 0.5) is 0 Å². The van der Waals surface area contributed by atoms with Crippen LogP contribution in [0, 0.1) is 0 Å². The highest BCUT2D eigenvalue weighted by atomic mass is 16.5. The van der Waals surface area contributed by atoms with E-state index in [1.54, 1.807) is 18.8 Å². The van der Waals surface area contributed by atoms with Crippen LogP contribution in [0.15, 0.2) is 59.4 Å². The largest absolute Gasteiger partial charge is 0.493 e. The van der Waals surface area contributed by atoms with Gasteiger partial charge in [-0.2, -0.15) is 0 Å². The fourth-order valence-corrected chi connectivity index (χ4v) is 3.91. The number of aromatic nitrogens is 2. The van der Waals surface area contributed by atoms with Gasteiger partial charge in [0.15, 0.2) is 11.5 Å². The third-order valence-corrected chi connectivity index (χ3v) is 5.65. The van der Waals surface area contributed by atoms with Gasteiger partial charge < -0.3 is 14.2 Å². The lowest BCUT2D eigenvalue weighted by molar-refractivity contribution is 0.144. The van der Waals surface area contributed by atoms with Crippen LogP contribution in [0.3, 0.4) is 0 Å². The van der Waals surface area contributed by atoms with E-state index < -0.39 is 0 Å². The van der Waals surface area contributed by atoms with E-state index in [0.29, 0.717) is 36.0 Å². The van der Waals surface area contributed by atoms with Crippen LogP contribution in [-0.2, 0) is 4.74 Å². The molecule has 158 valence electrons. The third kappa shape index (κ3) is 3.64. The number of fused-ring (bicyclic) bond motifs is 2. The standard InChI is InChI=1S/C25H24N2O4/c1-29-11-12-31-23-15-19(9-10-22(23)30-2)27-24(16-7-8-16)26-21-14-18-6-4-3-5-17(18)13-20(21)25(27)28/h3-6,9-10,13-16H,7-8,11-12H2,1-2H3. The zero-order chi connectivity index (χ0) is 21.4. The first kappa shape index (κ1) is 19.6. The summed E-state index contributed by atoms with van der Waals surface area (Å²) in [7, 11) is 3.23. The first-order valence-corrected chi connectivity index (χ1v) is 10.4. The zero-order valence-electron chi connectivity index (χ0n) is 17.6. The van der Waals surface area contributed by atoms with Crippen molar-refractivity contribution in [1.29, 1.82) is 0 Å². The van der Waals surface area contributed by atoms with E-state index in [1.165, 1.54) is 0 Å². The summed E-state index contributed by atoms with van der Waals surface area (Å²) in [6.07, 6.45) is 2.08. The summed E-state index contributed by atoms with van der Waals surface area (Å²) in [6.45, 7) is 0.855. The van der Waals surface area contributed by atoms with Crippen molar-refractivity contribution in [1.82, 2.24) is 9.55 Å². The van der Waals surface area contributed by atoms with E-state index in [-0.39, 0.29) is 5.56 Å². The highest BCUT2D eigenvalue weighted by Gasteiger charge is 2.30. The number of hydrogen-bond donors (Lipinski definition) is 0. The van der Waals surface area contributed by atoms with E-state index in [9.17, 15) is 4.79 Å². The number of methoxy groups -OCH3 is 2. The minimum absolute atomic E-state index is 0.0642. The summed E-state index contributed by atoms with van der Waals surface area (Å²) in [6, 6.07) is 17.5. The van der Waals surface area contributed by atoms with E-state index in [1.807, 2.05) is 54.6 Å². The molecule has 0 bridgehead atoms. The predicted molar refractivity (Wildman–Crippen MR) is 121 cm³/mol. The van der Waals surface area contributed by atoms with Crippen molar-refractivity contribution in [2.45, 2.75) is 18.8 Å². The Morgan fingerprint density at radius 1 is 0.968 bits per heavy atom. The molecule has 1 aliphatic rings. The molecular formula is C25H24N2O4. The van der Waals surface area contributed by atoms with Crippen molar-refractivity contribution in [3.8, 4) is 17.2 Å². The Kier molecular flexibility index (Phi) is 5.08. The van der Waals surface area contributed by atoms with Gasteiger partial charge in [-0.25, -0.2) is 4.98 Å². The van der Waals surface area contributed by atoms with Crippen LogP contribution < -0.4 is 15.0 Å². The Hall–Kier alpha value is -3.38. The van der Waals surface area contributed by atoms with E-state index >= 15 is 0 Å². The van der Waals surface area contributed by atoms with Crippen LogP contribution in [-0.4, -0.2) is 37.0 Å². The molecule has 4 aromatic rings. The number of rotatable bonds is 7. The fourth-order valence-electron chi connectivity index (χ4n) is 3.91. The third-order valence-electron chi connectivity index (χ3n) is 5.65. The second kappa shape index (κ2) is 8.04. The van der Waals surface area contributed by atoms with Crippen LogP contribution in [0.5, 0.6) is 11.5 Å². The van der Waals surface area contributed by atoms with Crippen molar-refractivity contribution in [3.63, 3.8) is 0 Å². The maximum atomic E-state index is 13.7. The minimum atomic E-state index is -0.0642.